The molecule has 0 saturated heterocycles. The number of amides is 1. The number of aliphatic hydroxyl groups is 1. The van der Waals surface area contributed by atoms with Crippen LogP contribution in [0, 0.1) is 23.7 Å². The van der Waals surface area contributed by atoms with E-state index in [2.05, 4.69) is 37.9 Å². The number of carbonyl (C=O) groups is 1. The largest absolute Gasteiger partial charge is 0.395 e. The van der Waals surface area contributed by atoms with Crippen molar-refractivity contribution >= 4 is 17.2 Å². The Bertz CT molecular complexity index is 468. The quantitative estimate of drug-likeness (QED) is 0.814. The highest BCUT2D eigenvalue weighted by Crippen LogP contribution is 2.14. The number of nitrogens with one attached hydrogen (secondary N) is 1. The predicted molar refractivity (Wildman–Crippen MR) is 79.2 cm³/mol. The van der Waals surface area contributed by atoms with Crippen LogP contribution in [0.15, 0.2) is 11.4 Å². The van der Waals surface area contributed by atoms with E-state index in [-0.39, 0.29) is 12.5 Å². The lowest BCUT2D eigenvalue weighted by molar-refractivity contribution is 0.0945. The van der Waals surface area contributed by atoms with Gasteiger partial charge >= 0.3 is 0 Å². The van der Waals surface area contributed by atoms with Crippen molar-refractivity contribution < 1.29 is 9.90 Å². The predicted octanol–water partition coefficient (Wildman–Crippen LogP) is 2.50. The van der Waals surface area contributed by atoms with E-state index in [4.69, 9.17) is 5.11 Å². The molecule has 0 aliphatic heterocycles. The Morgan fingerprint density at radius 1 is 1.47 bits per heavy atom. The first-order chi connectivity index (χ1) is 9.04. The summed E-state index contributed by atoms with van der Waals surface area (Å²) < 4.78 is 0. The molecule has 0 spiro atoms. The SMILES string of the molecule is CC(C)C(C)CNC(=O)c1csc(C#CCCO)c1. The van der Waals surface area contributed by atoms with Crippen molar-refractivity contribution in [3.63, 3.8) is 0 Å². The summed E-state index contributed by atoms with van der Waals surface area (Å²) in [4.78, 5) is 12.8. The molecule has 0 aliphatic rings. The molecular formula is C15H21NO2S. The summed E-state index contributed by atoms with van der Waals surface area (Å²) in [7, 11) is 0. The van der Waals surface area contributed by atoms with Crippen molar-refractivity contribution in [2.24, 2.45) is 11.8 Å². The van der Waals surface area contributed by atoms with Gasteiger partial charge in [0, 0.05) is 18.3 Å². The second-order valence-corrected chi connectivity index (χ2v) is 5.82. The van der Waals surface area contributed by atoms with Gasteiger partial charge in [0.25, 0.3) is 5.91 Å². The van der Waals surface area contributed by atoms with Crippen molar-refractivity contribution in [3.8, 4) is 11.8 Å². The van der Waals surface area contributed by atoms with Gasteiger partial charge in [0.15, 0.2) is 0 Å². The van der Waals surface area contributed by atoms with Gasteiger partial charge in [0.2, 0.25) is 0 Å². The highest BCUT2D eigenvalue weighted by Gasteiger charge is 2.11. The zero-order valence-electron chi connectivity index (χ0n) is 11.7. The lowest BCUT2D eigenvalue weighted by atomic mass is 9.98. The minimum absolute atomic E-state index is 0.0426. The molecule has 1 atom stereocenters. The standard InChI is InChI=1S/C15H21NO2S/c1-11(2)12(3)9-16-15(18)13-8-14(19-10-13)6-4-5-7-17/h8,10-12,17H,5,7,9H2,1-3H3,(H,16,18). The third-order valence-electron chi connectivity index (χ3n) is 3.03. The molecule has 1 heterocycles. The molecule has 0 bridgehead atoms. The molecule has 4 heteroatoms. The lowest BCUT2D eigenvalue weighted by Crippen LogP contribution is -2.29. The van der Waals surface area contributed by atoms with Crippen molar-refractivity contribution in [1.29, 1.82) is 0 Å². The molecule has 0 aliphatic carbocycles. The molecule has 3 nitrogen and oxygen atoms in total. The number of hydrogen-bond donors (Lipinski definition) is 2. The van der Waals surface area contributed by atoms with Crippen molar-refractivity contribution in [1.82, 2.24) is 5.32 Å². The van der Waals surface area contributed by atoms with Crippen LogP contribution in [0.1, 0.15) is 42.4 Å². The van der Waals surface area contributed by atoms with E-state index < -0.39 is 0 Å². The van der Waals surface area contributed by atoms with Crippen LogP contribution in [0.3, 0.4) is 0 Å². The fourth-order valence-corrected chi connectivity index (χ4v) is 2.07. The van der Waals surface area contributed by atoms with Crippen LogP contribution in [-0.2, 0) is 0 Å². The fourth-order valence-electron chi connectivity index (χ4n) is 1.32. The molecule has 0 aromatic carbocycles. The fraction of sp³-hybridized carbons (Fsp3) is 0.533. The molecule has 1 amide bonds. The second kappa shape index (κ2) is 7.98. The summed E-state index contributed by atoms with van der Waals surface area (Å²) in [6, 6.07) is 1.80. The second-order valence-electron chi connectivity index (χ2n) is 4.91. The number of hydrogen-bond acceptors (Lipinski definition) is 3. The monoisotopic (exact) mass is 279 g/mol. The van der Waals surface area contributed by atoms with E-state index in [1.807, 2.05) is 5.38 Å². The average Bonchev–Trinajstić information content (AvgIpc) is 2.84. The van der Waals surface area contributed by atoms with Crippen LogP contribution in [0.2, 0.25) is 0 Å². The molecule has 1 rings (SSSR count). The van der Waals surface area contributed by atoms with E-state index in [0.717, 1.165) is 4.88 Å². The van der Waals surface area contributed by atoms with Crippen LogP contribution in [0.4, 0.5) is 0 Å². The maximum atomic E-state index is 11.9. The topological polar surface area (TPSA) is 49.3 Å². The minimum atomic E-state index is -0.0426. The Labute approximate surface area is 119 Å². The third-order valence-corrected chi connectivity index (χ3v) is 3.88. The highest BCUT2D eigenvalue weighted by atomic mass is 32.1. The molecule has 0 saturated carbocycles. The Balaban J connectivity index is 2.52. The molecule has 104 valence electrons. The Morgan fingerprint density at radius 3 is 2.84 bits per heavy atom. The molecule has 0 radical (unpaired) electrons. The van der Waals surface area contributed by atoms with Crippen LogP contribution < -0.4 is 5.32 Å². The van der Waals surface area contributed by atoms with Crippen LogP contribution in [0.25, 0.3) is 0 Å². The summed E-state index contributed by atoms with van der Waals surface area (Å²) in [5, 5.41) is 13.4. The first-order valence-corrected chi connectivity index (χ1v) is 7.39. The molecular weight excluding hydrogens is 258 g/mol. The summed E-state index contributed by atoms with van der Waals surface area (Å²) in [5.74, 6) is 6.76. The lowest BCUT2D eigenvalue weighted by Gasteiger charge is -2.15. The zero-order chi connectivity index (χ0) is 14.3. The molecule has 1 aromatic heterocycles. The van der Waals surface area contributed by atoms with Gasteiger partial charge < -0.3 is 10.4 Å². The van der Waals surface area contributed by atoms with E-state index >= 15 is 0 Å². The molecule has 0 fully saturated rings. The number of thiophene rings is 1. The summed E-state index contributed by atoms with van der Waals surface area (Å²) in [5.41, 5.74) is 0.661. The van der Waals surface area contributed by atoms with E-state index in [9.17, 15) is 4.79 Å². The summed E-state index contributed by atoms with van der Waals surface area (Å²) in [6.07, 6.45) is 0.464. The van der Waals surface area contributed by atoms with Gasteiger partial charge in [0.05, 0.1) is 17.0 Å². The number of carbonyl (C=O) groups excluding carboxylic acids is 1. The molecule has 19 heavy (non-hydrogen) atoms. The first kappa shape index (κ1) is 15.7. The smallest absolute Gasteiger partial charge is 0.252 e. The van der Waals surface area contributed by atoms with Gasteiger partial charge in [-0.25, -0.2) is 0 Å². The maximum Gasteiger partial charge on any atom is 0.252 e. The van der Waals surface area contributed by atoms with E-state index in [0.29, 0.717) is 30.4 Å². The highest BCUT2D eigenvalue weighted by molar-refractivity contribution is 7.10. The van der Waals surface area contributed by atoms with Gasteiger partial charge in [-0.3, -0.25) is 4.79 Å². The Hall–Kier alpha value is -1.31. The minimum Gasteiger partial charge on any atom is -0.395 e. The normalized spacial score (nSPS) is 11.8. The summed E-state index contributed by atoms with van der Waals surface area (Å²) in [6.45, 7) is 7.19. The Kier molecular flexibility index (Phi) is 6.61. The van der Waals surface area contributed by atoms with Crippen LogP contribution in [-0.4, -0.2) is 24.2 Å². The van der Waals surface area contributed by atoms with E-state index in [1.165, 1.54) is 11.3 Å². The maximum absolute atomic E-state index is 11.9. The van der Waals surface area contributed by atoms with Gasteiger partial charge in [-0.05, 0) is 17.9 Å². The van der Waals surface area contributed by atoms with Crippen molar-refractivity contribution in [2.45, 2.75) is 27.2 Å². The van der Waals surface area contributed by atoms with E-state index in [1.54, 1.807) is 6.07 Å². The zero-order valence-corrected chi connectivity index (χ0v) is 12.5. The number of rotatable bonds is 5. The van der Waals surface area contributed by atoms with Crippen LogP contribution in [0.5, 0.6) is 0 Å². The van der Waals surface area contributed by atoms with Crippen molar-refractivity contribution in [2.75, 3.05) is 13.2 Å². The molecule has 1 aromatic rings. The van der Waals surface area contributed by atoms with Crippen molar-refractivity contribution in [3.05, 3.63) is 21.9 Å². The molecule has 1 unspecified atom stereocenters. The third kappa shape index (κ3) is 5.46. The van der Waals surface area contributed by atoms with Gasteiger partial charge in [-0.1, -0.05) is 32.6 Å². The first-order valence-electron chi connectivity index (χ1n) is 6.51. The van der Waals surface area contributed by atoms with Gasteiger partial charge in [-0.15, -0.1) is 11.3 Å². The number of aliphatic hydroxyl groups excluding tert-OH is 1. The Morgan fingerprint density at radius 2 is 2.21 bits per heavy atom. The van der Waals surface area contributed by atoms with Gasteiger partial charge in [-0.2, -0.15) is 0 Å². The van der Waals surface area contributed by atoms with Gasteiger partial charge in [0.1, 0.15) is 0 Å². The summed E-state index contributed by atoms with van der Waals surface area (Å²) >= 11 is 1.45. The van der Waals surface area contributed by atoms with Crippen LogP contribution >= 0.6 is 11.3 Å². The average molecular weight is 279 g/mol. The molecule has 2 N–H and O–H groups in total.